The Hall–Kier alpha value is -1.43. The van der Waals surface area contributed by atoms with E-state index in [1.807, 2.05) is 27.7 Å². The highest BCUT2D eigenvalue weighted by Crippen LogP contribution is 2.17. The van der Waals surface area contributed by atoms with Crippen LogP contribution in [0.2, 0.25) is 0 Å². The van der Waals surface area contributed by atoms with Crippen LogP contribution in [0, 0.1) is 17.2 Å². The number of nitrogens with zero attached hydrogens (tertiary/aromatic N) is 1. The van der Waals surface area contributed by atoms with Gasteiger partial charge in [-0.3, -0.25) is 0 Å². The van der Waals surface area contributed by atoms with Gasteiger partial charge < -0.3 is 9.47 Å². The van der Waals surface area contributed by atoms with Crippen LogP contribution in [-0.2, 0) is 9.47 Å². The van der Waals surface area contributed by atoms with E-state index < -0.39 is 0 Å². The Balaban J connectivity index is 5.05. The van der Waals surface area contributed by atoms with Crippen molar-refractivity contribution >= 4 is 0 Å². The van der Waals surface area contributed by atoms with Crippen LogP contribution in [0.3, 0.4) is 0 Å². The number of nitriles is 1. The van der Waals surface area contributed by atoms with Gasteiger partial charge in [0.1, 0.15) is 5.76 Å². The first kappa shape index (κ1) is 13.6. The minimum Gasteiger partial charge on any atom is -0.498 e. The van der Waals surface area contributed by atoms with Gasteiger partial charge in [-0.2, -0.15) is 5.26 Å². The number of allylic oxidation sites excluding steroid dienone is 3. The average Bonchev–Trinajstić information content (AvgIpc) is 2.17. The van der Waals surface area contributed by atoms with Crippen LogP contribution in [0.5, 0.6) is 0 Å². The van der Waals surface area contributed by atoms with Crippen molar-refractivity contribution in [1.82, 2.24) is 0 Å². The largest absolute Gasteiger partial charge is 0.498 e. The van der Waals surface area contributed by atoms with Gasteiger partial charge in [0, 0.05) is 6.08 Å². The molecule has 3 heteroatoms. The van der Waals surface area contributed by atoms with E-state index in [2.05, 4.69) is 6.07 Å². The van der Waals surface area contributed by atoms with Crippen molar-refractivity contribution in [2.24, 2.45) is 5.92 Å². The third kappa shape index (κ3) is 4.55. The van der Waals surface area contributed by atoms with Crippen LogP contribution in [0.25, 0.3) is 0 Å². The SMILES string of the molecule is CCO/C(C)=C/C(OC)=C(/C#N)C(C)C. The molecule has 0 atom stereocenters. The summed E-state index contributed by atoms with van der Waals surface area (Å²) in [6.45, 7) is 8.30. The van der Waals surface area contributed by atoms with E-state index >= 15 is 0 Å². The maximum absolute atomic E-state index is 8.98. The molecule has 0 radical (unpaired) electrons. The average molecular weight is 209 g/mol. The third-order valence-electron chi connectivity index (χ3n) is 1.89. The van der Waals surface area contributed by atoms with Crippen LogP contribution < -0.4 is 0 Å². The van der Waals surface area contributed by atoms with Gasteiger partial charge in [0.2, 0.25) is 0 Å². The molecule has 84 valence electrons. The number of hydrogen-bond acceptors (Lipinski definition) is 3. The minimum atomic E-state index is 0.149. The maximum Gasteiger partial charge on any atom is 0.136 e. The van der Waals surface area contributed by atoms with Crippen LogP contribution in [0.1, 0.15) is 27.7 Å². The predicted octanol–water partition coefficient (Wildman–Crippen LogP) is 3.01. The second kappa shape index (κ2) is 6.94. The second-order valence-electron chi connectivity index (χ2n) is 3.44. The lowest BCUT2D eigenvalue weighted by molar-refractivity contribution is 0.226. The molecule has 0 unspecified atom stereocenters. The van der Waals surface area contributed by atoms with Crippen molar-refractivity contribution in [2.75, 3.05) is 13.7 Å². The molecule has 0 fully saturated rings. The summed E-state index contributed by atoms with van der Waals surface area (Å²) in [4.78, 5) is 0. The van der Waals surface area contributed by atoms with E-state index in [1.165, 1.54) is 0 Å². The summed E-state index contributed by atoms with van der Waals surface area (Å²) in [5.41, 5.74) is 0.636. The van der Waals surface area contributed by atoms with Crippen molar-refractivity contribution in [3.05, 3.63) is 23.2 Å². The molecule has 0 heterocycles. The number of rotatable bonds is 5. The van der Waals surface area contributed by atoms with Crippen molar-refractivity contribution in [3.8, 4) is 6.07 Å². The molecular weight excluding hydrogens is 190 g/mol. The lowest BCUT2D eigenvalue weighted by Crippen LogP contribution is -1.99. The number of hydrogen-bond donors (Lipinski definition) is 0. The summed E-state index contributed by atoms with van der Waals surface area (Å²) in [7, 11) is 1.56. The maximum atomic E-state index is 8.98. The molecule has 15 heavy (non-hydrogen) atoms. The van der Waals surface area contributed by atoms with E-state index in [4.69, 9.17) is 14.7 Å². The topological polar surface area (TPSA) is 42.2 Å². The van der Waals surface area contributed by atoms with E-state index in [0.29, 0.717) is 17.9 Å². The fourth-order valence-electron chi connectivity index (χ4n) is 1.17. The van der Waals surface area contributed by atoms with Gasteiger partial charge in [-0.05, 0) is 19.8 Å². The summed E-state index contributed by atoms with van der Waals surface area (Å²) in [5.74, 6) is 1.48. The monoisotopic (exact) mass is 209 g/mol. The second-order valence-corrected chi connectivity index (χ2v) is 3.44. The normalized spacial score (nSPS) is 13.3. The molecule has 0 rings (SSSR count). The molecular formula is C12H19NO2. The Morgan fingerprint density at radius 2 is 2.07 bits per heavy atom. The van der Waals surface area contributed by atoms with E-state index in [9.17, 15) is 0 Å². The smallest absolute Gasteiger partial charge is 0.136 e. The summed E-state index contributed by atoms with van der Waals surface area (Å²) in [5, 5.41) is 8.98. The number of methoxy groups -OCH3 is 1. The summed E-state index contributed by atoms with van der Waals surface area (Å²) in [6, 6.07) is 2.15. The Morgan fingerprint density at radius 3 is 2.40 bits per heavy atom. The zero-order chi connectivity index (χ0) is 11.8. The highest BCUT2D eigenvalue weighted by Gasteiger charge is 2.09. The Bertz CT molecular complexity index is 295. The van der Waals surface area contributed by atoms with Crippen molar-refractivity contribution < 1.29 is 9.47 Å². The van der Waals surface area contributed by atoms with Crippen molar-refractivity contribution in [2.45, 2.75) is 27.7 Å². The summed E-state index contributed by atoms with van der Waals surface area (Å²) in [6.07, 6.45) is 1.75. The van der Waals surface area contributed by atoms with Gasteiger partial charge in [0.05, 0.1) is 31.1 Å². The van der Waals surface area contributed by atoms with E-state index in [-0.39, 0.29) is 5.92 Å². The first-order valence-corrected chi connectivity index (χ1v) is 5.06. The van der Waals surface area contributed by atoms with Crippen molar-refractivity contribution in [3.63, 3.8) is 0 Å². The molecule has 0 saturated carbocycles. The fraction of sp³-hybridized carbons (Fsp3) is 0.583. The quantitative estimate of drug-likeness (QED) is 0.397. The molecule has 0 aromatic heterocycles. The molecule has 3 nitrogen and oxygen atoms in total. The van der Waals surface area contributed by atoms with Gasteiger partial charge >= 0.3 is 0 Å². The molecule has 0 aromatic rings. The standard InChI is InChI=1S/C12H19NO2/c1-6-15-10(4)7-12(14-5)11(8-13)9(2)3/h7,9H,6H2,1-5H3/b10-7+,12-11+. The van der Waals surface area contributed by atoms with E-state index in [1.54, 1.807) is 13.2 Å². The molecule has 0 spiro atoms. The molecule has 0 aromatic carbocycles. The predicted molar refractivity (Wildman–Crippen MR) is 59.9 cm³/mol. The Morgan fingerprint density at radius 1 is 1.47 bits per heavy atom. The molecule has 0 aliphatic carbocycles. The van der Waals surface area contributed by atoms with Crippen LogP contribution in [0.4, 0.5) is 0 Å². The van der Waals surface area contributed by atoms with Gasteiger partial charge in [-0.25, -0.2) is 0 Å². The van der Waals surface area contributed by atoms with Crippen LogP contribution >= 0.6 is 0 Å². The minimum absolute atomic E-state index is 0.149. The van der Waals surface area contributed by atoms with Gasteiger partial charge in [-0.1, -0.05) is 13.8 Å². The third-order valence-corrected chi connectivity index (χ3v) is 1.89. The Kier molecular flexibility index (Phi) is 6.28. The number of ether oxygens (including phenoxy) is 2. The first-order chi connectivity index (χ1) is 7.06. The molecule has 0 bridgehead atoms. The van der Waals surface area contributed by atoms with Gasteiger partial charge in [0.25, 0.3) is 0 Å². The van der Waals surface area contributed by atoms with Crippen molar-refractivity contribution in [1.29, 1.82) is 5.26 Å². The highest BCUT2D eigenvalue weighted by molar-refractivity contribution is 5.33. The molecule has 0 saturated heterocycles. The van der Waals surface area contributed by atoms with Crippen LogP contribution in [0.15, 0.2) is 23.2 Å². The molecule has 0 aliphatic heterocycles. The zero-order valence-corrected chi connectivity index (χ0v) is 10.1. The van der Waals surface area contributed by atoms with Gasteiger partial charge in [-0.15, -0.1) is 0 Å². The lowest BCUT2D eigenvalue weighted by atomic mass is 10.0. The lowest BCUT2D eigenvalue weighted by Gasteiger charge is -2.09. The Labute approximate surface area is 92.0 Å². The molecule has 0 N–H and O–H groups in total. The van der Waals surface area contributed by atoms with Gasteiger partial charge in [0.15, 0.2) is 0 Å². The fourth-order valence-corrected chi connectivity index (χ4v) is 1.17. The summed E-state index contributed by atoms with van der Waals surface area (Å²) < 4.78 is 10.5. The van der Waals surface area contributed by atoms with E-state index in [0.717, 1.165) is 5.76 Å². The first-order valence-electron chi connectivity index (χ1n) is 5.06. The molecule has 0 amide bonds. The highest BCUT2D eigenvalue weighted by atomic mass is 16.5. The molecule has 0 aliphatic rings. The summed E-state index contributed by atoms with van der Waals surface area (Å²) >= 11 is 0. The van der Waals surface area contributed by atoms with Crippen LogP contribution in [-0.4, -0.2) is 13.7 Å². The zero-order valence-electron chi connectivity index (χ0n) is 10.1.